The van der Waals surface area contributed by atoms with E-state index < -0.39 is 36.8 Å². The quantitative estimate of drug-likeness (QED) is 0.483. The topological polar surface area (TPSA) is 111 Å². The molecule has 7 heteroatoms. The maximum Gasteiger partial charge on any atom is 0.218 e. The lowest BCUT2D eigenvalue weighted by atomic mass is 9.88. The fourth-order valence-electron chi connectivity index (χ4n) is 2.98. The van der Waals surface area contributed by atoms with Gasteiger partial charge in [0, 0.05) is 6.42 Å². The third-order valence-corrected chi connectivity index (χ3v) is 4.38. The minimum atomic E-state index is -1.50. The van der Waals surface area contributed by atoms with Crippen molar-refractivity contribution in [1.29, 1.82) is 0 Å². The van der Waals surface area contributed by atoms with Crippen LogP contribution >= 0.6 is 0 Å². The molecule has 2 saturated heterocycles. The minimum absolute atomic E-state index is 0.225. The van der Waals surface area contributed by atoms with Crippen LogP contribution in [0.1, 0.15) is 23.6 Å². The Kier molecular flexibility index (Phi) is 4.21. The summed E-state index contributed by atoms with van der Waals surface area (Å²) < 4.78 is 5.56. The normalized spacial score (nSPS) is 42.0. The van der Waals surface area contributed by atoms with Crippen molar-refractivity contribution in [1.82, 2.24) is 5.48 Å². The van der Waals surface area contributed by atoms with Gasteiger partial charge in [-0.25, -0.2) is 0 Å². The number of hydrogen-bond acceptors (Lipinski definition) is 7. The molecule has 22 heavy (non-hydrogen) atoms. The van der Waals surface area contributed by atoms with E-state index in [9.17, 15) is 20.4 Å². The zero-order valence-corrected chi connectivity index (χ0v) is 12.2. The van der Waals surface area contributed by atoms with E-state index >= 15 is 0 Å². The molecule has 2 fully saturated rings. The van der Waals surface area contributed by atoms with Gasteiger partial charge in [-0.2, -0.15) is 5.48 Å². The van der Waals surface area contributed by atoms with Crippen molar-refractivity contribution in [2.24, 2.45) is 0 Å². The molecule has 7 nitrogen and oxygen atoms in total. The molecule has 2 heterocycles. The van der Waals surface area contributed by atoms with Gasteiger partial charge >= 0.3 is 0 Å². The van der Waals surface area contributed by atoms with Crippen LogP contribution in [-0.2, 0) is 9.57 Å². The molecule has 0 bridgehead atoms. The summed E-state index contributed by atoms with van der Waals surface area (Å²) in [5, 5.41) is 39.3. The van der Waals surface area contributed by atoms with E-state index in [0.29, 0.717) is 0 Å². The average molecular weight is 311 g/mol. The van der Waals surface area contributed by atoms with Crippen LogP contribution in [0.2, 0.25) is 0 Å². The molecular weight excluding hydrogens is 290 g/mol. The van der Waals surface area contributed by atoms with Gasteiger partial charge in [-0.15, -0.1) is 0 Å². The van der Waals surface area contributed by atoms with Crippen LogP contribution in [0.3, 0.4) is 0 Å². The number of nitrogens with one attached hydrogen (secondary N) is 1. The Balaban J connectivity index is 1.81. The van der Waals surface area contributed by atoms with E-state index in [2.05, 4.69) is 5.48 Å². The van der Waals surface area contributed by atoms with Crippen molar-refractivity contribution < 1.29 is 30.0 Å². The van der Waals surface area contributed by atoms with Gasteiger partial charge in [-0.1, -0.05) is 29.8 Å². The van der Waals surface area contributed by atoms with Crippen molar-refractivity contribution in [3.63, 3.8) is 0 Å². The van der Waals surface area contributed by atoms with Gasteiger partial charge in [0.25, 0.3) is 0 Å². The molecule has 0 aliphatic carbocycles. The molecule has 6 atom stereocenters. The van der Waals surface area contributed by atoms with Gasteiger partial charge in [0.2, 0.25) is 5.79 Å². The molecule has 6 unspecified atom stereocenters. The van der Waals surface area contributed by atoms with E-state index in [1.165, 1.54) is 0 Å². The Bertz CT molecular complexity index is 521. The second-order valence-electron chi connectivity index (χ2n) is 5.96. The average Bonchev–Trinajstić information content (AvgIpc) is 2.95. The summed E-state index contributed by atoms with van der Waals surface area (Å²) in [5.41, 5.74) is 4.89. The van der Waals surface area contributed by atoms with E-state index in [1.807, 2.05) is 31.2 Å². The highest BCUT2D eigenvalue weighted by Gasteiger charge is 2.58. The zero-order valence-electron chi connectivity index (χ0n) is 12.2. The summed E-state index contributed by atoms with van der Waals surface area (Å²) in [4.78, 5) is 5.44. The molecule has 0 radical (unpaired) electrons. The van der Waals surface area contributed by atoms with Gasteiger partial charge in [-0.05, 0) is 12.5 Å². The molecule has 0 saturated carbocycles. The SMILES string of the molecule is Cc1ccc(C2CC3(ON2)OC(CO)C(O)C(O)C3O)cc1. The van der Waals surface area contributed by atoms with Gasteiger partial charge < -0.3 is 25.2 Å². The van der Waals surface area contributed by atoms with Crippen LogP contribution < -0.4 is 5.48 Å². The smallest absolute Gasteiger partial charge is 0.218 e. The molecule has 3 rings (SSSR count). The van der Waals surface area contributed by atoms with Crippen molar-refractivity contribution in [2.75, 3.05) is 6.61 Å². The van der Waals surface area contributed by atoms with Crippen LogP contribution in [0.15, 0.2) is 24.3 Å². The number of aryl methyl sites for hydroxylation is 1. The fourth-order valence-corrected chi connectivity index (χ4v) is 2.98. The number of ether oxygens (including phenoxy) is 1. The molecule has 2 aliphatic rings. The molecule has 2 aliphatic heterocycles. The Hall–Kier alpha value is -1.06. The summed E-state index contributed by atoms with van der Waals surface area (Å²) in [6.45, 7) is 1.51. The number of hydrogen-bond donors (Lipinski definition) is 5. The van der Waals surface area contributed by atoms with Gasteiger partial charge in [0.15, 0.2) is 0 Å². The lowest BCUT2D eigenvalue weighted by Gasteiger charge is -2.45. The van der Waals surface area contributed by atoms with Crippen LogP contribution in [0.4, 0.5) is 0 Å². The van der Waals surface area contributed by atoms with Crippen molar-refractivity contribution in [3.05, 3.63) is 35.4 Å². The Labute approximate surface area is 128 Å². The predicted octanol–water partition coefficient (Wildman–Crippen LogP) is -0.869. The molecule has 1 spiro atoms. The number of aliphatic hydroxyl groups excluding tert-OH is 4. The maximum atomic E-state index is 10.2. The summed E-state index contributed by atoms with van der Waals surface area (Å²) >= 11 is 0. The van der Waals surface area contributed by atoms with Crippen molar-refractivity contribution in [3.8, 4) is 0 Å². The highest BCUT2D eigenvalue weighted by Crippen LogP contribution is 2.41. The van der Waals surface area contributed by atoms with Crippen molar-refractivity contribution in [2.45, 2.75) is 49.6 Å². The number of aliphatic hydroxyl groups is 4. The first-order valence-electron chi connectivity index (χ1n) is 7.30. The molecule has 0 amide bonds. The zero-order chi connectivity index (χ0) is 15.9. The predicted molar refractivity (Wildman–Crippen MR) is 75.5 cm³/mol. The van der Waals surface area contributed by atoms with Crippen LogP contribution in [0.5, 0.6) is 0 Å². The lowest BCUT2D eigenvalue weighted by molar-refractivity contribution is -0.360. The van der Waals surface area contributed by atoms with Crippen LogP contribution in [0, 0.1) is 6.92 Å². The van der Waals surface area contributed by atoms with E-state index in [4.69, 9.17) is 9.57 Å². The summed E-state index contributed by atoms with van der Waals surface area (Å²) in [7, 11) is 0. The monoisotopic (exact) mass is 311 g/mol. The number of benzene rings is 1. The van der Waals surface area contributed by atoms with E-state index in [0.717, 1.165) is 11.1 Å². The van der Waals surface area contributed by atoms with Gasteiger partial charge in [0.05, 0.1) is 12.6 Å². The molecule has 122 valence electrons. The first kappa shape index (κ1) is 15.8. The van der Waals surface area contributed by atoms with E-state index in [-0.39, 0.29) is 12.5 Å². The summed E-state index contributed by atoms with van der Waals surface area (Å²) in [6, 6.07) is 7.60. The molecule has 5 N–H and O–H groups in total. The van der Waals surface area contributed by atoms with Crippen LogP contribution in [0.25, 0.3) is 0 Å². The Morgan fingerprint density at radius 3 is 2.50 bits per heavy atom. The second kappa shape index (κ2) is 5.86. The van der Waals surface area contributed by atoms with Crippen molar-refractivity contribution >= 4 is 0 Å². The number of rotatable bonds is 2. The standard InChI is InChI=1S/C15H21NO6/c1-8-2-4-9(5-3-8)10-6-15(22-16-10)14(20)13(19)12(18)11(7-17)21-15/h2-5,10-14,16-20H,6-7H2,1H3. The van der Waals surface area contributed by atoms with E-state index in [1.54, 1.807) is 0 Å². The maximum absolute atomic E-state index is 10.2. The molecular formula is C15H21NO6. The summed E-state index contributed by atoms with van der Waals surface area (Å²) in [5.74, 6) is -1.50. The van der Waals surface area contributed by atoms with Gasteiger partial charge in [-0.3, -0.25) is 4.84 Å². The van der Waals surface area contributed by atoms with Crippen LogP contribution in [-0.4, -0.2) is 57.2 Å². The molecule has 1 aromatic rings. The fraction of sp³-hybridized carbons (Fsp3) is 0.600. The highest BCUT2D eigenvalue weighted by molar-refractivity contribution is 5.25. The highest BCUT2D eigenvalue weighted by atomic mass is 16.8. The summed E-state index contributed by atoms with van der Waals surface area (Å²) in [6.07, 6.45) is -5.01. The minimum Gasteiger partial charge on any atom is -0.394 e. The third-order valence-electron chi connectivity index (χ3n) is 4.38. The second-order valence-corrected chi connectivity index (χ2v) is 5.96. The Morgan fingerprint density at radius 1 is 1.18 bits per heavy atom. The molecule has 0 aromatic heterocycles. The first-order valence-corrected chi connectivity index (χ1v) is 7.30. The van der Waals surface area contributed by atoms with Gasteiger partial charge in [0.1, 0.15) is 24.4 Å². The molecule has 1 aromatic carbocycles. The lowest BCUT2D eigenvalue weighted by Crippen LogP contribution is -2.65. The largest absolute Gasteiger partial charge is 0.394 e. The first-order chi connectivity index (χ1) is 10.5. The Morgan fingerprint density at radius 2 is 1.86 bits per heavy atom. The third kappa shape index (κ3) is 2.55. The number of hydroxylamine groups is 1.